The van der Waals surface area contributed by atoms with Crippen LogP contribution in [0, 0.1) is 6.92 Å². The van der Waals surface area contributed by atoms with E-state index in [4.69, 9.17) is 9.47 Å². The molecular formula is C18H17F2NO5. The smallest absolute Gasteiger partial charge is 0.387 e. The van der Waals surface area contributed by atoms with Crippen LogP contribution in [0.2, 0.25) is 0 Å². The second kappa shape index (κ2) is 8.80. The van der Waals surface area contributed by atoms with E-state index < -0.39 is 25.1 Å². The fourth-order valence-corrected chi connectivity index (χ4v) is 2.12. The van der Waals surface area contributed by atoms with Crippen molar-refractivity contribution >= 4 is 17.6 Å². The largest absolute Gasteiger partial charge is 0.495 e. The SMILES string of the molecule is COc1ccc(C)cc1NC(=O)COC(=O)c1cccc(OC(F)F)c1. The summed E-state index contributed by atoms with van der Waals surface area (Å²) in [5.74, 6) is -1.12. The molecule has 0 atom stereocenters. The zero-order valence-electron chi connectivity index (χ0n) is 14.1. The van der Waals surface area contributed by atoms with E-state index in [9.17, 15) is 18.4 Å². The molecule has 8 heteroatoms. The third-order valence-corrected chi connectivity index (χ3v) is 3.26. The van der Waals surface area contributed by atoms with Crippen molar-refractivity contribution in [3.8, 4) is 11.5 Å². The summed E-state index contributed by atoms with van der Waals surface area (Å²) in [7, 11) is 1.47. The number of nitrogens with one attached hydrogen (secondary N) is 1. The van der Waals surface area contributed by atoms with Gasteiger partial charge in [0, 0.05) is 0 Å². The van der Waals surface area contributed by atoms with Gasteiger partial charge in [0.2, 0.25) is 0 Å². The summed E-state index contributed by atoms with van der Waals surface area (Å²) >= 11 is 0. The van der Waals surface area contributed by atoms with E-state index in [1.807, 2.05) is 13.0 Å². The number of aryl methyl sites for hydroxylation is 1. The Hall–Kier alpha value is -3.16. The van der Waals surface area contributed by atoms with Crippen LogP contribution >= 0.6 is 0 Å². The highest BCUT2D eigenvalue weighted by atomic mass is 19.3. The highest BCUT2D eigenvalue weighted by molar-refractivity contribution is 5.96. The zero-order valence-corrected chi connectivity index (χ0v) is 14.1. The lowest BCUT2D eigenvalue weighted by molar-refractivity contribution is -0.119. The average molecular weight is 365 g/mol. The highest BCUT2D eigenvalue weighted by Crippen LogP contribution is 2.25. The van der Waals surface area contributed by atoms with Crippen LogP contribution in [0.3, 0.4) is 0 Å². The van der Waals surface area contributed by atoms with Gasteiger partial charge in [0.25, 0.3) is 5.91 Å². The number of amides is 1. The fraction of sp³-hybridized carbons (Fsp3) is 0.222. The molecule has 0 saturated heterocycles. The second-order valence-corrected chi connectivity index (χ2v) is 5.23. The molecule has 0 aromatic heterocycles. The molecule has 1 N–H and O–H groups in total. The van der Waals surface area contributed by atoms with Crippen molar-refractivity contribution in [3.05, 3.63) is 53.6 Å². The molecule has 26 heavy (non-hydrogen) atoms. The lowest BCUT2D eigenvalue weighted by atomic mass is 10.2. The number of hydrogen-bond acceptors (Lipinski definition) is 5. The van der Waals surface area contributed by atoms with E-state index in [0.29, 0.717) is 11.4 Å². The first kappa shape index (κ1) is 19.2. The third-order valence-electron chi connectivity index (χ3n) is 3.26. The molecule has 6 nitrogen and oxygen atoms in total. The molecule has 1 amide bonds. The number of hydrogen-bond donors (Lipinski definition) is 1. The molecule has 0 bridgehead atoms. The minimum atomic E-state index is -3.00. The van der Waals surface area contributed by atoms with E-state index in [-0.39, 0.29) is 11.3 Å². The standard InChI is InChI=1S/C18H17F2NO5/c1-11-6-7-15(24-2)14(8-11)21-16(22)10-25-17(23)12-4-3-5-13(9-12)26-18(19)20/h3-9,18H,10H2,1-2H3,(H,21,22). The molecule has 2 aromatic carbocycles. The number of carbonyl (C=O) groups excluding carboxylic acids is 2. The number of anilines is 1. The Bertz CT molecular complexity index is 795. The molecule has 0 aliphatic carbocycles. The summed E-state index contributed by atoms with van der Waals surface area (Å²) < 4.78 is 38.7. The van der Waals surface area contributed by atoms with Crippen LogP contribution in [0.1, 0.15) is 15.9 Å². The Morgan fingerprint density at radius 1 is 1.15 bits per heavy atom. The molecule has 138 valence electrons. The summed E-state index contributed by atoms with van der Waals surface area (Å²) in [6.07, 6.45) is 0. The molecule has 0 unspecified atom stereocenters. The predicted molar refractivity (Wildman–Crippen MR) is 89.7 cm³/mol. The van der Waals surface area contributed by atoms with Crippen molar-refractivity contribution in [3.63, 3.8) is 0 Å². The van der Waals surface area contributed by atoms with Crippen molar-refractivity contribution in [2.24, 2.45) is 0 Å². The average Bonchev–Trinajstić information content (AvgIpc) is 2.59. The first-order valence-electron chi connectivity index (χ1n) is 7.55. The number of rotatable bonds is 7. The number of carbonyl (C=O) groups is 2. The van der Waals surface area contributed by atoms with Crippen LogP contribution in [0.4, 0.5) is 14.5 Å². The molecule has 0 saturated carbocycles. The van der Waals surface area contributed by atoms with Crippen LogP contribution in [-0.2, 0) is 9.53 Å². The lowest BCUT2D eigenvalue weighted by Crippen LogP contribution is -2.21. The molecule has 2 aromatic rings. The normalized spacial score (nSPS) is 10.3. The summed E-state index contributed by atoms with van der Waals surface area (Å²) in [4.78, 5) is 23.9. The van der Waals surface area contributed by atoms with Gasteiger partial charge in [0.05, 0.1) is 18.4 Å². The molecule has 0 fully saturated rings. The van der Waals surface area contributed by atoms with Gasteiger partial charge in [-0.1, -0.05) is 12.1 Å². The Morgan fingerprint density at radius 3 is 2.62 bits per heavy atom. The summed E-state index contributed by atoms with van der Waals surface area (Å²) in [6, 6.07) is 10.3. The van der Waals surface area contributed by atoms with Crippen LogP contribution in [0.15, 0.2) is 42.5 Å². The quantitative estimate of drug-likeness (QED) is 0.762. The summed E-state index contributed by atoms with van der Waals surface area (Å²) in [6.45, 7) is -1.70. The van der Waals surface area contributed by atoms with Gasteiger partial charge in [-0.15, -0.1) is 0 Å². The minimum Gasteiger partial charge on any atom is -0.495 e. The van der Waals surface area contributed by atoms with Gasteiger partial charge >= 0.3 is 12.6 Å². The number of halogens is 2. The van der Waals surface area contributed by atoms with E-state index in [1.54, 1.807) is 12.1 Å². The maximum atomic E-state index is 12.2. The number of methoxy groups -OCH3 is 1. The first-order valence-corrected chi connectivity index (χ1v) is 7.55. The van der Waals surface area contributed by atoms with Crippen molar-refractivity contribution < 1.29 is 32.6 Å². The van der Waals surface area contributed by atoms with Crippen molar-refractivity contribution in [1.82, 2.24) is 0 Å². The minimum absolute atomic E-state index is 0.0101. The molecule has 0 heterocycles. The van der Waals surface area contributed by atoms with Crippen molar-refractivity contribution in [1.29, 1.82) is 0 Å². The highest BCUT2D eigenvalue weighted by Gasteiger charge is 2.14. The van der Waals surface area contributed by atoms with Gasteiger partial charge in [0.15, 0.2) is 6.61 Å². The van der Waals surface area contributed by atoms with E-state index in [1.165, 1.54) is 25.3 Å². The van der Waals surface area contributed by atoms with Crippen LogP contribution < -0.4 is 14.8 Å². The number of ether oxygens (including phenoxy) is 3. The Balaban J connectivity index is 1.95. The van der Waals surface area contributed by atoms with Gasteiger partial charge in [-0.25, -0.2) is 4.79 Å². The first-order chi connectivity index (χ1) is 12.4. The third kappa shape index (κ3) is 5.44. The summed E-state index contributed by atoms with van der Waals surface area (Å²) in [5, 5.41) is 2.58. The van der Waals surface area contributed by atoms with Gasteiger partial charge in [-0.3, -0.25) is 4.79 Å². The second-order valence-electron chi connectivity index (χ2n) is 5.23. The Morgan fingerprint density at radius 2 is 1.92 bits per heavy atom. The number of esters is 1. The fourth-order valence-electron chi connectivity index (χ4n) is 2.12. The monoisotopic (exact) mass is 365 g/mol. The maximum Gasteiger partial charge on any atom is 0.387 e. The molecule has 0 radical (unpaired) electrons. The van der Waals surface area contributed by atoms with Crippen molar-refractivity contribution in [2.75, 3.05) is 19.0 Å². The summed E-state index contributed by atoms with van der Waals surface area (Å²) in [5.41, 5.74) is 1.35. The van der Waals surface area contributed by atoms with E-state index in [0.717, 1.165) is 11.6 Å². The molecular weight excluding hydrogens is 348 g/mol. The molecule has 0 spiro atoms. The van der Waals surface area contributed by atoms with Crippen LogP contribution in [0.25, 0.3) is 0 Å². The van der Waals surface area contributed by atoms with Crippen LogP contribution in [-0.4, -0.2) is 32.2 Å². The number of alkyl halides is 2. The molecule has 0 aliphatic heterocycles. The topological polar surface area (TPSA) is 73.9 Å². The zero-order chi connectivity index (χ0) is 19.1. The van der Waals surface area contributed by atoms with Crippen LogP contribution in [0.5, 0.6) is 11.5 Å². The lowest BCUT2D eigenvalue weighted by Gasteiger charge is -2.11. The number of benzene rings is 2. The molecule has 2 rings (SSSR count). The van der Waals surface area contributed by atoms with E-state index >= 15 is 0 Å². The molecule has 0 aliphatic rings. The van der Waals surface area contributed by atoms with Gasteiger partial charge in [0.1, 0.15) is 11.5 Å². The Kier molecular flexibility index (Phi) is 6.48. The predicted octanol–water partition coefficient (Wildman–Crippen LogP) is 3.40. The maximum absolute atomic E-state index is 12.2. The van der Waals surface area contributed by atoms with Crippen molar-refractivity contribution in [2.45, 2.75) is 13.5 Å². The van der Waals surface area contributed by atoms with Gasteiger partial charge in [-0.2, -0.15) is 8.78 Å². The van der Waals surface area contributed by atoms with Gasteiger partial charge in [-0.05, 0) is 42.8 Å². The van der Waals surface area contributed by atoms with Gasteiger partial charge < -0.3 is 19.5 Å². The van der Waals surface area contributed by atoms with E-state index in [2.05, 4.69) is 10.1 Å². The Labute approximate surface area is 148 Å².